The molecular weight excluding hydrogens is 236 g/mol. The number of nitrogens with one attached hydrogen (secondary N) is 1. The van der Waals surface area contributed by atoms with Crippen molar-refractivity contribution in [3.05, 3.63) is 0 Å². The topological polar surface area (TPSA) is 96.1 Å². The predicted octanol–water partition coefficient (Wildman–Crippen LogP) is 0.921. The standard InChI is InChI=1S/C11H16N4O3/c1-3-4-5-8-6-10(15-18-8)13-11(16)9(7-12)14-17-2/h8H,3-6H2,1-2H3,(H,13,15,16)/b14-9+. The van der Waals surface area contributed by atoms with Gasteiger partial charge in [0, 0.05) is 6.42 Å². The van der Waals surface area contributed by atoms with Gasteiger partial charge in [0.25, 0.3) is 5.91 Å². The third-order valence-corrected chi connectivity index (χ3v) is 2.37. The lowest BCUT2D eigenvalue weighted by Gasteiger charge is -2.05. The van der Waals surface area contributed by atoms with E-state index in [2.05, 4.69) is 27.4 Å². The zero-order valence-electron chi connectivity index (χ0n) is 10.5. The third kappa shape index (κ3) is 4.05. The number of nitrogens with zero attached hydrogens (tertiary/aromatic N) is 3. The second kappa shape index (κ2) is 7.27. The lowest BCUT2D eigenvalue weighted by molar-refractivity contribution is -0.113. The predicted molar refractivity (Wildman–Crippen MR) is 64.6 cm³/mol. The van der Waals surface area contributed by atoms with Crippen molar-refractivity contribution < 1.29 is 14.5 Å². The number of carbonyl (C=O) groups is 1. The van der Waals surface area contributed by atoms with Crippen LogP contribution >= 0.6 is 0 Å². The van der Waals surface area contributed by atoms with Gasteiger partial charge in [0.15, 0.2) is 5.84 Å². The fourth-order valence-electron chi connectivity index (χ4n) is 1.48. The number of amidine groups is 1. The van der Waals surface area contributed by atoms with Crippen LogP contribution in [0.4, 0.5) is 0 Å². The van der Waals surface area contributed by atoms with Gasteiger partial charge in [0.05, 0.1) is 0 Å². The molecule has 0 saturated heterocycles. The van der Waals surface area contributed by atoms with Crippen molar-refractivity contribution in [3.63, 3.8) is 0 Å². The first-order chi connectivity index (χ1) is 8.71. The van der Waals surface area contributed by atoms with Gasteiger partial charge in [-0.2, -0.15) is 5.26 Å². The van der Waals surface area contributed by atoms with Gasteiger partial charge in [0.1, 0.15) is 19.3 Å². The van der Waals surface area contributed by atoms with Gasteiger partial charge in [-0.1, -0.05) is 23.7 Å². The number of amides is 1. The molecule has 0 aromatic rings. The lowest BCUT2D eigenvalue weighted by Crippen LogP contribution is -2.35. The van der Waals surface area contributed by atoms with E-state index < -0.39 is 5.91 Å². The van der Waals surface area contributed by atoms with Gasteiger partial charge in [-0.15, -0.1) is 0 Å². The maximum atomic E-state index is 11.6. The molecule has 0 radical (unpaired) electrons. The minimum Gasteiger partial charge on any atom is -0.398 e. The lowest BCUT2D eigenvalue weighted by atomic mass is 10.1. The summed E-state index contributed by atoms with van der Waals surface area (Å²) in [6.45, 7) is 2.10. The van der Waals surface area contributed by atoms with E-state index >= 15 is 0 Å². The van der Waals surface area contributed by atoms with E-state index in [0.29, 0.717) is 12.3 Å². The van der Waals surface area contributed by atoms with Crippen LogP contribution < -0.4 is 5.32 Å². The van der Waals surface area contributed by atoms with Crippen LogP contribution in [0.15, 0.2) is 10.3 Å². The van der Waals surface area contributed by atoms with Crippen molar-refractivity contribution in [1.82, 2.24) is 5.32 Å². The minimum atomic E-state index is -0.641. The zero-order valence-corrected chi connectivity index (χ0v) is 10.5. The highest BCUT2D eigenvalue weighted by Crippen LogP contribution is 2.15. The van der Waals surface area contributed by atoms with E-state index in [1.54, 1.807) is 6.07 Å². The first-order valence-corrected chi connectivity index (χ1v) is 5.76. The van der Waals surface area contributed by atoms with E-state index in [1.165, 1.54) is 7.11 Å². The second-order valence-corrected chi connectivity index (χ2v) is 3.80. The molecule has 0 saturated carbocycles. The monoisotopic (exact) mass is 252 g/mol. The quantitative estimate of drug-likeness (QED) is 0.581. The Kier molecular flexibility index (Phi) is 5.64. The van der Waals surface area contributed by atoms with Crippen molar-refractivity contribution >= 4 is 17.5 Å². The van der Waals surface area contributed by atoms with Gasteiger partial charge in [-0.05, 0) is 12.8 Å². The Morgan fingerprint density at radius 1 is 1.78 bits per heavy atom. The smallest absolute Gasteiger partial charge is 0.289 e. The summed E-state index contributed by atoms with van der Waals surface area (Å²) in [5.41, 5.74) is -0.350. The van der Waals surface area contributed by atoms with E-state index in [9.17, 15) is 4.79 Å². The molecule has 1 aliphatic rings. The number of nitriles is 1. The van der Waals surface area contributed by atoms with Crippen LogP contribution in [-0.4, -0.2) is 30.7 Å². The van der Waals surface area contributed by atoms with Crippen LogP contribution in [0.2, 0.25) is 0 Å². The Morgan fingerprint density at radius 2 is 2.56 bits per heavy atom. The minimum absolute atomic E-state index is 0.00477. The van der Waals surface area contributed by atoms with E-state index in [-0.39, 0.29) is 11.8 Å². The molecule has 1 amide bonds. The van der Waals surface area contributed by atoms with Crippen molar-refractivity contribution in [2.75, 3.05) is 7.11 Å². The Hall–Kier alpha value is -2.10. The number of unbranched alkanes of at least 4 members (excludes halogenated alkanes) is 1. The normalized spacial score (nSPS) is 18.6. The maximum Gasteiger partial charge on any atom is 0.289 e. The Labute approximate surface area is 105 Å². The summed E-state index contributed by atoms with van der Waals surface area (Å²) in [5.74, 6) is -0.224. The molecule has 0 spiro atoms. The van der Waals surface area contributed by atoms with Crippen LogP contribution in [0.25, 0.3) is 0 Å². The molecule has 0 aromatic carbocycles. The van der Waals surface area contributed by atoms with E-state index in [0.717, 1.165) is 19.3 Å². The van der Waals surface area contributed by atoms with Crippen LogP contribution in [0.3, 0.4) is 0 Å². The van der Waals surface area contributed by atoms with Crippen LogP contribution in [0.1, 0.15) is 32.6 Å². The molecule has 18 heavy (non-hydrogen) atoms. The average Bonchev–Trinajstić information content (AvgIpc) is 2.80. The van der Waals surface area contributed by atoms with Crippen LogP contribution in [0, 0.1) is 11.3 Å². The SMILES string of the molecule is CCCCC1CC(NC(=O)/C(C#N)=N/OC)=NO1. The third-order valence-electron chi connectivity index (χ3n) is 2.37. The summed E-state index contributed by atoms with van der Waals surface area (Å²) in [7, 11) is 1.27. The molecule has 1 aliphatic heterocycles. The fourth-order valence-corrected chi connectivity index (χ4v) is 1.48. The number of rotatable bonds is 5. The summed E-state index contributed by atoms with van der Waals surface area (Å²) in [5, 5.41) is 18.2. The highest BCUT2D eigenvalue weighted by molar-refractivity contribution is 6.47. The molecule has 1 N–H and O–H groups in total. The molecule has 1 heterocycles. The van der Waals surface area contributed by atoms with Gasteiger partial charge in [-0.25, -0.2) is 0 Å². The van der Waals surface area contributed by atoms with Crippen molar-refractivity contribution in [2.45, 2.75) is 38.7 Å². The molecule has 98 valence electrons. The number of carbonyl (C=O) groups excluding carboxylic acids is 1. The van der Waals surface area contributed by atoms with Gasteiger partial charge in [-0.3, -0.25) is 4.79 Å². The van der Waals surface area contributed by atoms with Gasteiger partial charge >= 0.3 is 0 Å². The van der Waals surface area contributed by atoms with Gasteiger partial charge in [0.2, 0.25) is 5.71 Å². The Balaban J connectivity index is 2.43. The second-order valence-electron chi connectivity index (χ2n) is 3.80. The summed E-state index contributed by atoms with van der Waals surface area (Å²) in [6, 6.07) is 1.64. The summed E-state index contributed by atoms with van der Waals surface area (Å²) >= 11 is 0. The molecule has 0 fully saturated rings. The molecule has 1 rings (SSSR count). The molecule has 0 aliphatic carbocycles. The van der Waals surface area contributed by atoms with E-state index in [4.69, 9.17) is 10.1 Å². The highest BCUT2D eigenvalue weighted by atomic mass is 16.6. The Bertz CT molecular complexity index is 398. The zero-order chi connectivity index (χ0) is 13.4. The molecule has 0 bridgehead atoms. The number of hydrogen-bond donors (Lipinski definition) is 1. The summed E-state index contributed by atoms with van der Waals surface area (Å²) < 4.78 is 0. The molecule has 1 unspecified atom stereocenters. The molecular formula is C11H16N4O3. The molecule has 7 nitrogen and oxygen atoms in total. The van der Waals surface area contributed by atoms with Crippen molar-refractivity contribution in [2.24, 2.45) is 10.3 Å². The first-order valence-electron chi connectivity index (χ1n) is 5.76. The Morgan fingerprint density at radius 3 is 3.17 bits per heavy atom. The highest BCUT2D eigenvalue weighted by Gasteiger charge is 2.23. The van der Waals surface area contributed by atoms with E-state index in [1.807, 2.05) is 0 Å². The molecule has 1 atom stereocenters. The summed E-state index contributed by atoms with van der Waals surface area (Å²) in [4.78, 5) is 21.1. The van der Waals surface area contributed by atoms with Gasteiger partial charge < -0.3 is 15.0 Å². The first kappa shape index (κ1) is 14.0. The number of oxime groups is 2. The van der Waals surface area contributed by atoms with Crippen LogP contribution in [-0.2, 0) is 14.5 Å². The van der Waals surface area contributed by atoms with Crippen molar-refractivity contribution in [3.8, 4) is 6.07 Å². The molecule has 0 aromatic heterocycles. The molecule has 7 heteroatoms. The maximum absolute atomic E-state index is 11.6. The summed E-state index contributed by atoms with van der Waals surface area (Å²) in [6.07, 6.45) is 3.58. The average molecular weight is 252 g/mol. The number of hydrogen-bond acceptors (Lipinski definition) is 6. The fraction of sp³-hybridized carbons (Fsp3) is 0.636. The van der Waals surface area contributed by atoms with Crippen molar-refractivity contribution in [1.29, 1.82) is 5.26 Å². The largest absolute Gasteiger partial charge is 0.398 e. The van der Waals surface area contributed by atoms with Crippen LogP contribution in [0.5, 0.6) is 0 Å².